The highest BCUT2D eigenvalue weighted by atomic mass is 32.2. The molecule has 9 heteroatoms. The lowest BCUT2D eigenvalue weighted by molar-refractivity contribution is -0.119. The van der Waals surface area contributed by atoms with Gasteiger partial charge in [-0.3, -0.25) is 9.59 Å². The predicted octanol–water partition coefficient (Wildman–Crippen LogP) is 4.09. The van der Waals surface area contributed by atoms with Crippen molar-refractivity contribution in [2.24, 2.45) is 0 Å². The quantitative estimate of drug-likeness (QED) is 0.353. The van der Waals surface area contributed by atoms with Crippen LogP contribution in [0.25, 0.3) is 0 Å². The van der Waals surface area contributed by atoms with Crippen LogP contribution in [0, 0.1) is 11.3 Å². The molecule has 0 aromatic heterocycles. The SMILES string of the molecule is COc1cccc(NC(=O)CSc2ccccc2C(=O)OCC(=O)Nc2cccc(C#N)c2)c1. The van der Waals surface area contributed by atoms with Crippen molar-refractivity contribution in [1.82, 2.24) is 0 Å². The summed E-state index contributed by atoms with van der Waals surface area (Å²) in [5, 5.41) is 14.3. The summed E-state index contributed by atoms with van der Waals surface area (Å²) < 4.78 is 10.3. The molecule has 0 radical (unpaired) electrons. The van der Waals surface area contributed by atoms with E-state index in [2.05, 4.69) is 10.6 Å². The molecule has 34 heavy (non-hydrogen) atoms. The maximum absolute atomic E-state index is 12.6. The van der Waals surface area contributed by atoms with Crippen LogP contribution in [0.4, 0.5) is 11.4 Å². The van der Waals surface area contributed by atoms with E-state index < -0.39 is 18.5 Å². The van der Waals surface area contributed by atoms with Crippen molar-refractivity contribution < 1.29 is 23.9 Å². The zero-order valence-electron chi connectivity index (χ0n) is 18.2. The number of amides is 2. The number of esters is 1. The number of anilines is 2. The molecule has 2 N–H and O–H groups in total. The molecule has 0 spiro atoms. The van der Waals surface area contributed by atoms with E-state index in [1.165, 1.54) is 17.8 Å². The van der Waals surface area contributed by atoms with Crippen molar-refractivity contribution in [1.29, 1.82) is 5.26 Å². The smallest absolute Gasteiger partial charge is 0.339 e. The average molecular weight is 476 g/mol. The second-order valence-electron chi connectivity index (χ2n) is 6.88. The molecule has 3 aromatic carbocycles. The van der Waals surface area contributed by atoms with Gasteiger partial charge in [0.2, 0.25) is 5.91 Å². The Morgan fingerprint density at radius 2 is 1.62 bits per heavy atom. The van der Waals surface area contributed by atoms with Crippen molar-refractivity contribution in [3.8, 4) is 11.8 Å². The Hall–Kier alpha value is -4.29. The van der Waals surface area contributed by atoms with Crippen LogP contribution in [0.3, 0.4) is 0 Å². The summed E-state index contributed by atoms with van der Waals surface area (Å²) in [6, 6.07) is 22.1. The fraction of sp³-hybridized carbons (Fsp3) is 0.120. The first-order valence-electron chi connectivity index (χ1n) is 10.1. The number of nitrogens with one attached hydrogen (secondary N) is 2. The molecule has 0 heterocycles. The molecular formula is C25H21N3O5S. The van der Waals surface area contributed by atoms with Crippen molar-refractivity contribution in [3.63, 3.8) is 0 Å². The van der Waals surface area contributed by atoms with E-state index >= 15 is 0 Å². The summed E-state index contributed by atoms with van der Waals surface area (Å²) in [7, 11) is 1.54. The maximum atomic E-state index is 12.6. The van der Waals surface area contributed by atoms with E-state index in [1.54, 1.807) is 73.8 Å². The highest BCUT2D eigenvalue weighted by Crippen LogP contribution is 2.24. The number of nitriles is 1. The van der Waals surface area contributed by atoms with Gasteiger partial charge in [-0.1, -0.05) is 24.3 Å². The first-order chi connectivity index (χ1) is 16.5. The second kappa shape index (κ2) is 12.1. The maximum Gasteiger partial charge on any atom is 0.339 e. The minimum Gasteiger partial charge on any atom is -0.497 e. The molecule has 0 atom stereocenters. The first kappa shape index (κ1) is 24.4. The fourth-order valence-corrected chi connectivity index (χ4v) is 3.72. The summed E-state index contributed by atoms with van der Waals surface area (Å²) in [5.41, 5.74) is 1.68. The molecule has 0 unspecified atom stereocenters. The number of benzene rings is 3. The standard InChI is InChI=1S/C25H21N3O5S/c1-32-20-9-5-8-19(13-20)28-24(30)16-34-22-11-3-2-10-21(22)25(31)33-15-23(29)27-18-7-4-6-17(12-18)14-26/h2-13H,15-16H2,1H3,(H,27,29)(H,28,30). The number of ether oxygens (including phenoxy) is 2. The minimum absolute atomic E-state index is 0.0667. The first-order valence-corrected chi connectivity index (χ1v) is 11.1. The summed E-state index contributed by atoms with van der Waals surface area (Å²) in [4.78, 5) is 37.6. The van der Waals surface area contributed by atoms with E-state index in [4.69, 9.17) is 14.7 Å². The van der Waals surface area contributed by atoms with Gasteiger partial charge in [-0.15, -0.1) is 11.8 Å². The zero-order valence-corrected chi connectivity index (χ0v) is 19.1. The number of hydrogen-bond acceptors (Lipinski definition) is 7. The van der Waals surface area contributed by atoms with Gasteiger partial charge in [-0.25, -0.2) is 4.79 Å². The Morgan fingerprint density at radius 1 is 0.912 bits per heavy atom. The molecule has 8 nitrogen and oxygen atoms in total. The highest BCUT2D eigenvalue weighted by molar-refractivity contribution is 8.00. The van der Waals surface area contributed by atoms with Gasteiger partial charge in [0.05, 0.1) is 30.1 Å². The van der Waals surface area contributed by atoms with Crippen LogP contribution >= 0.6 is 11.8 Å². The average Bonchev–Trinajstić information content (AvgIpc) is 2.86. The van der Waals surface area contributed by atoms with E-state index in [0.717, 1.165) is 0 Å². The van der Waals surface area contributed by atoms with E-state index in [1.807, 2.05) is 6.07 Å². The molecule has 0 saturated carbocycles. The number of methoxy groups -OCH3 is 1. The van der Waals surface area contributed by atoms with Crippen LogP contribution in [0.1, 0.15) is 15.9 Å². The predicted molar refractivity (Wildman–Crippen MR) is 129 cm³/mol. The number of carbonyl (C=O) groups excluding carboxylic acids is 3. The Labute approximate surface area is 200 Å². The lowest BCUT2D eigenvalue weighted by atomic mass is 10.2. The van der Waals surface area contributed by atoms with E-state index in [0.29, 0.717) is 27.6 Å². The third kappa shape index (κ3) is 7.12. The van der Waals surface area contributed by atoms with Crippen LogP contribution in [-0.4, -0.2) is 37.3 Å². The Morgan fingerprint density at radius 3 is 2.38 bits per heavy atom. The van der Waals surface area contributed by atoms with Gasteiger partial charge in [0.15, 0.2) is 6.61 Å². The summed E-state index contributed by atoms with van der Waals surface area (Å²) >= 11 is 1.18. The molecular weight excluding hydrogens is 454 g/mol. The normalized spacial score (nSPS) is 10.0. The van der Waals surface area contributed by atoms with E-state index in [-0.39, 0.29) is 17.2 Å². The largest absolute Gasteiger partial charge is 0.497 e. The van der Waals surface area contributed by atoms with Gasteiger partial charge >= 0.3 is 5.97 Å². The minimum atomic E-state index is -0.683. The molecule has 2 amide bonds. The number of hydrogen-bond donors (Lipinski definition) is 2. The number of thioether (sulfide) groups is 1. The van der Waals surface area contributed by atoms with Crippen molar-refractivity contribution in [2.45, 2.75) is 4.90 Å². The Bertz CT molecular complexity index is 1240. The zero-order chi connectivity index (χ0) is 24.3. The van der Waals surface area contributed by atoms with Crippen LogP contribution in [-0.2, 0) is 14.3 Å². The Balaban J connectivity index is 1.54. The van der Waals surface area contributed by atoms with Gasteiger partial charge in [-0.05, 0) is 42.5 Å². The molecule has 0 fully saturated rings. The molecule has 3 aromatic rings. The van der Waals surface area contributed by atoms with Gasteiger partial charge in [0.1, 0.15) is 5.75 Å². The van der Waals surface area contributed by atoms with E-state index in [9.17, 15) is 14.4 Å². The molecule has 172 valence electrons. The molecule has 3 rings (SSSR count). The summed E-state index contributed by atoms with van der Waals surface area (Å²) in [6.45, 7) is -0.495. The summed E-state index contributed by atoms with van der Waals surface area (Å²) in [6.07, 6.45) is 0. The molecule has 0 aliphatic carbocycles. The van der Waals surface area contributed by atoms with Gasteiger partial charge in [-0.2, -0.15) is 5.26 Å². The molecule has 0 aliphatic heterocycles. The highest BCUT2D eigenvalue weighted by Gasteiger charge is 2.16. The van der Waals surface area contributed by atoms with Crippen LogP contribution in [0.5, 0.6) is 5.75 Å². The van der Waals surface area contributed by atoms with Crippen molar-refractivity contribution in [2.75, 3.05) is 30.1 Å². The van der Waals surface area contributed by atoms with Crippen molar-refractivity contribution in [3.05, 3.63) is 83.9 Å². The molecule has 0 saturated heterocycles. The third-order valence-electron chi connectivity index (χ3n) is 4.43. The fourth-order valence-electron chi connectivity index (χ4n) is 2.87. The lowest BCUT2D eigenvalue weighted by Gasteiger charge is -2.10. The van der Waals surface area contributed by atoms with Gasteiger partial charge in [0, 0.05) is 22.3 Å². The van der Waals surface area contributed by atoms with Crippen molar-refractivity contribution >= 4 is 40.9 Å². The number of nitrogens with zero attached hydrogens (tertiary/aromatic N) is 1. The van der Waals surface area contributed by atoms with Gasteiger partial charge in [0.25, 0.3) is 5.91 Å². The number of carbonyl (C=O) groups is 3. The topological polar surface area (TPSA) is 118 Å². The molecule has 0 bridgehead atoms. The second-order valence-corrected chi connectivity index (χ2v) is 7.90. The lowest BCUT2D eigenvalue weighted by Crippen LogP contribution is -2.21. The molecule has 0 aliphatic rings. The van der Waals surface area contributed by atoms with Crippen LogP contribution < -0.4 is 15.4 Å². The Kier molecular flexibility index (Phi) is 8.66. The third-order valence-corrected chi connectivity index (χ3v) is 5.50. The van der Waals surface area contributed by atoms with Crippen LogP contribution in [0.2, 0.25) is 0 Å². The number of rotatable bonds is 9. The summed E-state index contributed by atoms with van der Waals surface area (Å²) in [5.74, 6) is -0.777. The van der Waals surface area contributed by atoms with Crippen LogP contribution in [0.15, 0.2) is 77.7 Å². The van der Waals surface area contributed by atoms with Gasteiger partial charge < -0.3 is 20.1 Å². The monoisotopic (exact) mass is 475 g/mol.